The van der Waals surface area contributed by atoms with E-state index in [1.165, 1.54) is 12.1 Å². The molecule has 1 aromatic rings. The van der Waals surface area contributed by atoms with Crippen LogP contribution in [0.3, 0.4) is 0 Å². The van der Waals surface area contributed by atoms with Crippen LogP contribution in [0, 0.1) is 15.9 Å². The van der Waals surface area contributed by atoms with Crippen LogP contribution in [0.1, 0.15) is 39.5 Å². The Balaban J connectivity index is 2.81. The zero-order valence-electron chi connectivity index (χ0n) is 11.1. The van der Waals surface area contributed by atoms with E-state index < -0.39 is 10.7 Å². The lowest BCUT2D eigenvalue weighted by molar-refractivity contribution is -0.384. The van der Waals surface area contributed by atoms with E-state index in [0.717, 1.165) is 25.7 Å². The summed E-state index contributed by atoms with van der Waals surface area (Å²) in [5.74, 6) is -0.506. The first-order valence-corrected chi connectivity index (χ1v) is 7.15. The lowest BCUT2D eigenvalue weighted by Gasteiger charge is -2.15. The van der Waals surface area contributed by atoms with Gasteiger partial charge in [-0.3, -0.25) is 10.1 Å². The summed E-state index contributed by atoms with van der Waals surface area (Å²) in [6.07, 6.45) is 4.21. The Morgan fingerprint density at radius 1 is 1.47 bits per heavy atom. The molecule has 0 saturated carbocycles. The first-order valence-electron chi connectivity index (χ1n) is 6.35. The molecule has 1 N–H and O–H groups in total. The standard InChI is InChI=1S/C13H18BrFN2O2/c1-3-4-5-6-9(2)16-12-8-11(15)10(14)7-13(12)17(18)19/h7-9,16H,3-6H2,1-2H3. The number of nitrogens with zero attached hydrogens (tertiary/aromatic N) is 1. The molecule has 106 valence electrons. The van der Waals surface area contributed by atoms with Gasteiger partial charge in [0.1, 0.15) is 11.5 Å². The average Bonchev–Trinajstić information content (AvgIpc) is 2.33. The monoisotopic (exact) mass is 332 g/mol. The molecule has 0 aliphatic carbocycles. The van der Waals surface area contributed by atoms with Gasteiger partial charge >= 0.3 is 0 Å². The van der Waals surface area contributed by atoms with Gasteiger partial charge in [-0.05, 0) is 29.3 Å². The minimum absolute atomic E-state index is 0.0748. The molecule has 0 bridgehead atoms. The Morgan fingerprint density at radius 2 is 2.16 bits per heavy atom. The molecule has 1 atom stereocenters. The highest BCUT2D eigenvalue weighted by molar-refractivity contribution is 9.10. The van der Waals surface area contributed by atoms with Crippen LogP contribution in [-0.4, -0.2) is 11.0 Å². The third-order valence-corrected chi connectivity index (χ3v) is 3.49. The summed E-state index contributed by atoms with van der Waals surface area (Å²) in [5.41, 5.74) is 0.116. The van der Waals surface area contributed by atoms with Crippen molar-refractivity contribution in [3.05, 3.63) is 32.5 Å². The third-order valence-electron chi connectivity index (χ3n) is 2.88. The number of nitro groups is 1. The van der Waals surface area contributed by atoms with Crippen molar-refractivity contribution in [2.75, 3.05) is 5.32 Å². The second-order valence-corrected chi connectivity index (χ2v) is 5.44. The molecule has 0 aliphatic rings. The summed E-state index contributed by atoms with van der Waals surface area (Å²) >= 11 is 2.96. The number of benzene rings is 1. The van der Waals surface area contributed by atoms with Crippen LogP contribution in [-0.2, 0) is 0 Å². The molecule has 0 aliphatic heterocycles. The molecule has 1 unspecified atom stereocenters. The molecule has 0 saturated heterocycles. The van der Waals surface area contributed by atoms with Crippen LogP contribution in [0.2, 0.25) is 0 Å². The van der Waals surface area contributed by atoms with Gasteiger partial charge in [-0.2, -0.15) is 0 Å². The number of hydrogen-bond donors (Lipinski definition) is 1. The molecule has 1 rings (SSSR count). The van der Waals surface area contributed by atoms with E-state index in [1.807, 2.05) is 6.92 Å². The summed E-state index contributed by atoms with van der Waals surface area (Å²) in [4.78, 5) is 10.4. The van der Waals surface area contributed by atoms with Gasteiger partial charge < -0.3 is 5.32 Å². The number of unbranched alkanes of at least 4 members (excludes halogenated alkanes) is 2. The molecule has 0 aromatic heterocycles. The topological polar surface area (TPSA) is 55.2 Å². The number of nitro benzene ring substituents is 1. The summed E-state index contributed by atoms with van der Waals surface area (Å²) in [6.45, 7) is 4.06. The highest BCUT2D eigenvalue weighted by atomic mass is 79.9. The SMILES string of the molecule is CCCCCC(C)Nc1cc(F)c(Br)cc1[N+](=O)[O-]. The largest absolute Gasteiger partial charge is 0.377 e. The van der Waals surface area contributed by atoms with Gasteiger partial charge in [-0.15, -0.1) is 0 Å². The van der Waals surface area contributed by atoms with E-state index in [4.69, 9.17) is 0 Å². The van der Waals surface area contributed by atoms with E-state index in [-0.39, 0.29) is 21.9 Å². The first-order chi connectivity index (χ1) is 8.95. The normalized spacial score (nSPS) is 12.2. The molecule has 4 nitrogen and oxygen atoms in total. The van der Waals surface area contributed by atoms with Gasteiger partial charge in [0.05, 0.1) is 9.40 Å². The Kier molecular flexibility index (Phi) is 6.21. The highest BCUT2D eigenvalue weighted by Gasteiger charge is 2.18. The molecule has 0 amide bonds. The maximum absolute atomic E-state index is 13.5. The fraction of sp³-hybridized carbons (Fsp3) is 0.538. The van der Waals surface area contributed by atoms with Crippen molar-refractivity contribution in [3.63, 3.8) is 0 Å². The quantitative estimate of drug-likeness (QED) is 0.440. The van der Waals surface area contributed by atoms with E-state index >= 15 is 0 Å². The van der Waals surface area contributed by atoms with Crippen molar-refractivity contribution in [1.29, 1.82) is 0 Å². The molecular formula is C13H18BrFN2O2. The third kappa shape index (κ3) is 4.78. The van der Waals surface area contributed by atoms with Crippen molar-refractivity contribution < 1.29 is 9.31 Å². The van der Waals surface area contributed by atoms with E-state index in [2.05, 4.69) is 28.2 Å². The van der Waals surface area contributed by atoms with Gasteiger partial charge in [-0.25, -0.2) is 4.39 Å². The summed E-state index contributed by atoms with van der Waals surface area (Å²) < 4.78 is 13.6. The second kappa shape index (κ2) is 7.43. The Bertz CT molecular complexity index is 455. The van der Waals surface area contributed by atoms with E-state index in [9.17, 15) is 14.5 Å². The van der Waals surface area contributed by atoms with Crippen molar-refractivity contribution in [3.8, 4) is 0 Å². The van der Waals surface area contributed by atoms with Crippen LogP contribution in [0.4, 0.5) is 15.8 Å². The molecule has 0 fully saturated rings. The average molecular weight is 333 g/mol. The molecule has 0 heterocycles. The molecule has 1 aromatic carbocycles. The van der Waals surface area contributed by atoms with E-state index in [1.54, 1.807) is 0 Å². The first kappa shape index (κ1) is 15.9. The fourth-order valence-corrected chi connectivity index (χ4v) is 2.17. The Hall–Kier alpha value is -1.17. The van der Waals surface area contributed by atoms with Gasteiger partial charge in [-0.1, -0.05) is 26.2 Å². The van der Waals surface area contributed by atoms with Crippen molar-refractivity contribution in [1.82, 2.24) is 0 Å². The van der Waals surface area contributed by atoms with E-state index in [0.29, 0.717) is 0 Å². The maximum atomic E-state index is 13.5. The summed E-state index contributed by atoms with van der Waals surface area (Å²) in [5, 5.41) is 14.0. The Morgan fingerprint density at radius 3 is 2.74 bits per heavy atom. The molecule has 19 heavy (non-hydrogen) atoms. The van der Waals surface area contributed by atoms with Crippen molar-refractivity contribution in [2.45, 2.75) is 45.6 Å². The lowest BCUT2D eigenvalue weighted by atomic mass is 10.1. The second-order valence-electron chi connectivity index (χ2n) is 4.58. The van der Waals surface area contributed by atoms with Crippen molar-refractivity contribution in [2.24, 2.45) is 0 Å². The van der Waals surface area contributed by atoms with Gasteiger partial charge in [0.2, 0.25) is 0 Å². The number of halogens is 2. The van der Waals surface area contributed by atoms with Gasteiger partial charge in [0.15, 0.2) is 0 Å². The fourth-order valence-electron chi connectivity index (χ4n) is 1.84. The van der Waals surface area contributed by atoms with Crippen LogP contribution >= 0.6 is 15.9 Å². The van der Waals surface area contributed by atoms with Crippen LogP contribution in [0.5, 0.6) is 0 Å². The predicted octanol–water partition coefficient (Wildman–Crippen LogP) is 4.88. The minimum atomic E-state index is -0.509. The smallest absolute Gasteiger partial charge is 0.293 e. The van der Waals surface area contributed by atoms with Gasteiger partial charge in [0.25, 0.3) is 5.69 Å². The van der Waals surface area contributed by atoms with Crippen LogP contribution < -0.4 is 5.32 Å². The number of anilines is 1. The summed E-state index contributed by atoms with van der Waals surface area (Å²) in [7, 11) is 0. The minimum Gasteiger partial charge on any atom is -0.377 e. The molecule has 0 radical (unpaired) electrons. The maximum Gasteiger partial charge on any atom is 0.293 e. The van der Waals surface area contributed by atoms with Crippen LogP contribution in [0.15, 0.2) is 16.6 Å². The predicted molar refractivity (Wildman–Crippen MR) is 78.0 cm³/mol. The lowest BCUT2D eigenvalue weighted by Crippen LogP contribution is -2.16. The summed E-state index contributed by atoms with van der Waals surface area (Å²) in [6, 6.07) is 2.43. The zero-order valence-corrected chi connectivity index (χ0v) is 12.7. The van der Waals surface area contributed by atoms with Gasteiger partial charge in [0, 0.05) is 18.2 Å². The number of rotatable bonds is 7. The van der Waals surface area contributed by atoms with Crippen LogP contribution in [0.25, 0.3) is 0 Å². The molecule has 6 heteroatoms. The van der Waals surface area contributed by atoms with Crippen molar-refractivity contribution >= 4 is 27.3 Å². The molecule has 0 spiro atoms. The molecular weight excluding hydrogens is 315 g/mol. The number of nitrogens with one attached hydrogen (secondary N) is 1. The number of hydrogen-bond acceptors (Lipinski definition) is 3. The zero-order chi connectivity index (χ0) is 14.4. The Labute approximate surface area is 120 Å². The highest BCUT2D eigenvalue weighted by Crippen LogP contribution is 2.31.